The topological polar surface area (TPSA) is 50.1 Å². The minimum absolute atomic E-state index is 0.284. The van der Waals surface area contributed by atoms with Crippen molar-refractivity contribution in [2.24, 2.45) is 13.0 Å². The van der Waals surface area contributed by atoms with Gasteiger partial charge in [0.1, 0.15) is 0 Å². The van der Waals surface area contributed by atoms with Crippen LogP contribution in [0.5, 0.6) is 0 Å². The highest BCUT2D eigenvalue weighted by Crippen LogP contribution is 2.06. The van der Waals surface area contributed by atoms with Gasteiger partial charge in [0.25, 0.3) is 0 Å². The highest BCUT2D eigenvalue weighted by Gasteiger charge is 2.05. The highest BCUT2D eigenvalue weighted by atomic mass is 16.3. The van der Waals surface area contributed by atoms with E-state index in [2.05, 4.69) is 17.3 Å². The standard InChI is InChI=1S/C11H21N3O/c1-3-10(5-7-15)8-12-9-11-4-6-13-14(11)2/h4,6,10,12,15H,3,5,7-9H2,1-2H3. The van der Waals surface area contributed by atoms with E-state index in [9.17, 15) is 0 Å². The molecule has 15 heavy (non-hydrogen) atoms. The summed E-state index contributed by atoms with van der Waals surface area (Å²) in [6.45, 7) is 4.25. The maximum Gasteiger partial charge on any atom is 0.0518 e. The van der Waals surface area contributed by atoms with Gasteiger partial charge in [-0.25, -0.2) is 0 Å². The lowest BCUT2D eigenvalue weighted by Gasteiger charge is -2.14. The van der Waals surface area contributed by atoms with E-state index >= 15 is 0 Å². The monoisotopic (exact) mass is 211 g/mol. The first-order valence-corrected chi connectivity index (χ1v) is 5.56. The maximum absolute atomic E-state index is 8.85. The summed E-state index contributed by atoms with van der Waals surface area (Å²) >= 11 is 0. The zero-order valence-electron chi connectivity index (χ0n) is 9.61. The van der Waals surface area contributed by atoms with Crippen LogP contribution in [0.1, 0.15) is 25.5 Å². The molecule has 0 radical (unpaired) electrons. The molecular formula is C11H21N3O. The zero-order chi connectivity index (χ0) is 11.1. The van der Waals surface area contributed by atoms with E-state index in [1.54, 1.807) is 0 Å². The summed E-state index contributed by atoms with van der Waals surface area (Å²) in [4.78, 5) is 0. The zero-order valence-corrected chi connectivity index (χ0v) is 9.61. The highest BCUT2D eigenvalue weighted by molar-refractivity contribution is 4.99. The SMILES string of the molecule is CCC(CCO)CNCc1ccnn1C. The molecule has 1 aromatic heterocycles. The molecule has 0 aliphatic rings. The van der Waals surface area contributed by atoms with Gasteiger partial charge in [-0.1, -0.05) is 13.3 Å². The van der Waals surface area contributed by atoms with Crippen LogP contribution >= 0.6 is 0 Å². The number of aryl methyl sites for hydroxylation is 1. The van der Waals surface area contributed by atoms with Crippen LogP contribution in [0.25, 0.3) is 0 Å². The lowest BCUT2D eigenvalue weighted by atomic mass is 10.0. The Balaban J connectivity index is 2.23. The van der Waals surface area contributed by atoms with Gasteiger partial charge in [-0.2, -0.15) is 5.10 Å². The van der Waals surface area contributed by atoms with Crippen molar-refractivity contribution in [3.05, 3.63) is 18.0 Å². The second-order valence-corrected chi connectivity index (χ2v) is 3.86. The molecule has 1 unspecified atom stereocenters. The molecule has 0 saturated heterocycles. The van der Waals surface area contributed by atoms with Crippen LogP contribution in [0, 0.1) is 5.92 Å². The van der Waals surface area contributed by atoms with Crippen molar-refractivity contribution in [1.29, 1.82) is 0 Å². The number of rotatable bonds is 7. The minimum atomic E-state index is 0.284. The number of hydrogen-bond acceptors (Lipinski definition) is 3. The van der Waals surface area contributed by atoms with Crippen LogP contribution < -0.4 is 5.32 Å². The lowest BCUT2D eigenvalue weighted by molar-refractivity contribution is 0.251. The number of nitrogens with one attached hydrogen (secondary N) is 1. The molecule has 4 nitrogen and oxygen atoms in total. The Hall–Kier alpha value is -0.870. The van der Waals surface area contributed by atoms with E-state index in [-0.39, 0.29) is 6.61 Å². The first-order valence-electron chi connectivity index (χ1n) is 5.56. The number of nitrogens with zero attached hydrogens (tertiary/aromatic N) is 2. The largest absolute Gasteiger partial charge is 0.396 e. The molecule has 0 saturated carbocycles. The van der Waals surface area contributed by atoms with Gasteiger partial charge in [0.05, 0.1) is 5.69 Å². The summed E-state index contributed by atoms with van der Waals surface area (Å²) in [7, 11) is 1.95. The first-order chi connectivity index (χ1) is 7.27. The average molecular weight is 211 g/mol. The van der Waals surface area contributed by atoms with Crippen LogP contribution in [-0.2, 0) is 13.6 Å². The van der Waals surface area contributed by atoms with Gasteiger partial charge in [0.2, 0.25) is 0 Å². The van der Waals surface area contributed by atoms with Crippen LogP contribution in [0.4, 0.5) is 0 Å². The van der Waals surface area contributed by atoms with Crippen LogP contribution in [0.2, 0.25) is 0 Å². The molecule has 0 bridgehead atoms. The first kappa shape index (κ1) is 12.2. The summed E-state index contributed by atoms with van der Waals surface area (Å²) in [5.41, 5.74) is 1.19. The molecule has 1 rings (SSSR count). The summed E-state index contributed by atoms with van der Waals surface area (Å²) in [6, 6.07) is 2.01. The Labute approximate surface area is 91.3 Å². The number of aliphatic hydroxyl groups excluding tert-OH is 1. The summed E-state index contributed by atoms with van der Waals surface area (Å²) < 4.78 is 1.87. The molecule has 0 aromatic carbocycles. The van der Waals surface area contributed by atoms with Gasteiger partial charge < -0.3 is 10.4 Å². The van der Waals surface area contributed by atoms with Crippen LogP contribution in [0.3, 0.4) is 0 Å². The fourth-order valence-corrected chi connectivity index (χ4v) is 1.61. The van der Waals surface area contributed by atoms with E-state index in [0.29, 0.717) is 5.92 Å². The maximum atomic E-state index is 8.85. The normalized spacial score (nSPS) is 13.0. The second kappa shape index (κ2) is 6.58. The van der Waals surface area contributed by atoms with E-state index in [1.807, 2.05) is 24.0 Å². The number of hydrogen-bond donors (Lipinski definition) is 2. The minimum Gasteiger partial charge on any atom is -0.396 e. The Morgan fingerprint density at radius 3 is 2.93 bits per heavy atom. The average Bonchev–Trinajstić information content (AvgIpc) is 2.63. The van der Waals surface area contributed by atoms with Crippen molar-refractivity contribution < 1.29 is 5.11 Å². The van der Waals surface area contributed by atoms with Crippen LogP contribution in [-0.4, -0.2) is 28.0 Å². The van der Waals surface area contributed by atoms with E-state index in [4.69, 9.17) is 5.11 Å². The smallest absolute Gasteiger partial charge is 0.0518 e. The number of aliphatic hydroxyl groups is 1. The van der Waals surface area contributed by atoms with Gasteiger partial charge in [-0.3, -0.25) is 4.68 Å². The molecule has 0 aliphatic carbocycles. The van der Waals surface area contributed by atoms with Gasteiger partial charge >= 0.3 is 0 Å². The summed E-state index contributed by atoms with van der Waals surface area (Å²) in [5, 5.41) is 16.4. The Bertz CT molecular complexity index is 273. The Kier molecular flexibility index (Phi) is 5.36. The Morgan fingerprint density at radius 1 is 1.60 bits per heavy atom. The van der Waals surface area contributed by atoms with E-state index in [1.165, 1.54) is 5.69 Å². The van der Waals surface area contributed by atoms with Crippen molar-refractivity contribution >= 4 is 0 Å². The lowest BCUT2D eigenvalue weighted by Crippen LogP contribution is -2.23. The predicted octanol–water partition coefficient (Wildman–Crippen LogP) is 0.918. The van der Waals surface area contributed by atoms with Crippen molar-refractivity contribution in [2.75, 3.05) is 13.2 Å². The quantitative estimate of drug-likeness (QED) is 0.705. The van der Waals surface area contributed by atoms with Gasteiger partial charge in [-0.15, -0.1) is 0 Å². The molecule has 1 heterocycles. The van der Waals surface area contributed by atoms with Crippen molar-refractivity contribution in [3.8, 4) is 0 Å². The van der Waals surface area contributed by atoms with Crippen molar-refractivity contribution in [2.45, 2.75) is 26.3 Å². The molecule has 86 valence electrons. The van der Waals surface area contributed by atoms with Crippen molar-refractivity contribution in [1.82, 2.24) is 15.1 Å². The molecule has 0 spiro atoms. The van der Waals surface area contributed by atoms with Crippen LogP contribution in [0.15, 0.2) is 12.3 Å². The molecule has 0 amide bonds. The van der Waals surface area contributed by atoms with Gasteiger partial charge in [0, 0.05) is 26.4 Å². The second-order valence-electron chi connectivity index (χ2n) is 3.86. The fraction of sp³-hybridized carbons (Fsp3) is 0.727. The molecule has 2 N–H and O–H groups in total. The number of aromatic nitrogens is 2. The van der Waals surface area contributed by atoms with Gasteiger partial charge in [-0.05, 0) is 24.9 Å². The third-order valence-corrected chi connectivity index (χ3v) is 2.78. The predicted molar refractivity (Wildman–Crippen MR) is 60.4 cm³/mol. The molecule has 0 fully saturated rings. The third-order valence-electron chi connectivity index (χ3n) is 2.78. The molecule has 4 heteroatoms. The summed E-state index contributed by atoms with van der Waals surface area (Å²) in [5.74, 6) is 0.572. The summed E-state index contributed by atoms with van der Waals surface area (Å²) in [6.07, 6.45) is 3.80. The van der Waals surface area contributed by atoms with E-state index in [0.717, 1.165) is 25.9 Å². The van der Waals surface area contributed by atoms with Crippen molar-refractivity contribution in [3.63, 3.8) is 0 Å². The Morgan fingerprint density at radius 2 is 2.40 bits per heavy atom. The molecule has 1 aromatic rings. The fourth-order valence-electron chi connectivity index (χ4n) is 1.61. The van der Waals surface area contributed by atoms with E-state index < -0.39 is 0 Å². The molecular weight excluding hydrogens is 190 g/mol. The molecule has 1 atom stereocenters. The van der Waals surface area contributed by atoms with Gasteiger partial charge in [0.15, 0.2) is 0 Å². The molecule has 0 aliphatic heterocycles. The third kappa shape index (κ3) is 4.01.